The number of aliphatic hydroxyl groups is 1. The van der Waals surface area contributed by atoms with Gasteiger partial charge in [0.25, 0.3) is 0 Å². The van der Waals surface area contributed by atoms with Crippen LogP contribution in [0.15, 0.2) is 47.3 Å². The first-order valence-corrected chi connectivity index (χ1v) is 4.23. The molecular formula is C11H9FO2. The quantitative estimate of drug-likeness (QED) is 0.793. The fraction of sp³-hybridized carbons (Fsp3) is 0.0909. The second-order valence-electron chi connectivity index (χ2n) is 2.98. The predicted octanol–water partition coefficient (Wildman–Crippen LogP) is 2.50. The molecule has 3 heteroatoms. The van der Waals surface area contributed by atoms with Gasteiger partial charge < -0.3 is 9.52 Å². The first-order valence-electron chi connectivity index (χ1n) is 4.23. The standard InChI is InChI=1S/C11H9FO2/c12-10-4-2-1-3-9(10)11(13)8-5-6-14-7-8/h1-7,11,13H. The van der Waals surface area contributed by atoms with Gasteiger partial charge in [-0.3, -0.25) is 0 Å². The van der Waals surface area contributed by atoms with Crippen LogP contribution in [0, 0.1) is 5.82 Å². The maximum atomic E-state index is 13.2. The van der Waals surface area contributed by atoms with E-state index in [-0.39, 0.29) is 5.56 Å². The van der Waals surface area contributed by atoms with Crippen LogP contribution in [0.3, 0.4) is 0 Å². The van der Waals surface area contributed by atoms with E-state index in [0.29, 0.717) is 5.56 Å². The van der Waals surface area contributed by atoms with Crippen LogP contribution in [0.25, 0.3) is 0 Å². The minimum absolute atomic E-state index is 0.258. The van der Waals surface area contributed by atoms with Crippen molar-refractivity contribution in [3.8, 4) is 0 Å². The summed E-state index contributed by atoms with van der Waals surface area (Å²) in [7, 11) is 0. The number of hydrogen-bond donors (Lipinski definition) is 1. The van der Waals surface area contributed by atoms with Crippen molar-refractivity contribution >= 4 is 0 Å². The van der Waals surface area contributed by atoms with Gasteiger partial charge in [-0.05, 0) is 12.1 Å². The largest absolute Gasteiger partial charge is 0.472 e. The van der Waals surface area contributed by atoms with Crippen LogP contribution in [0.5, 0.6) is 0 Å². The smallest absolute Gasteiger partial charge is 0.129 e. The van der Waals surface area contributed by atoms with Crippen LogP contribution < -0.4 is 0 Å². The van der Waals surface area contributed by atoms with Crippen molar-refractivity contribution in [3.05, 3.63) is 59.8 Å². The van der Waals surface area contributed by atoms with Crippen molar-refractivity contribution in [2.75, 3.05) is 0 Å². The molecule has 1 aromatic heterocycles. The molecule has 0 spiro atoms. The maximum Gasteiger partial charge on any atom is 0.129 e. The van der Waals surface area contributed by atoms with Crippen molar-refractivity contribution in [1.29, 1.82) is 0 Å². The molecule has 14 heavy (non-hydrogen) atoms. The zero-order chi connectivity index (χ0) is 9.97. The molecule has 0 radical (unpaired) electrons. The van der Waals surface area contributed by atoms with E-state index in [1.807, 2.05) is 0 Å². The summed E-state index contributed by atoms with van der Waals surface area (Å²) in [5.41, 5.74) is 0.809. The molecule has 2 nitrogen and oxygen atoms in total. The zero-order valence-electron chi connectivity index (χ0n) is 7.35. The van der Waals surface area contributed by atoms with E-state index in [2.05, 4.69) is 0 Å². The molecule has 0 amide bonds. The third kappa shape index (κ3) is 1.54. The summed E-state index contributed by atoms with van der Waals surface area (Å²) in [6.45, 7) is 0. The van der Waals surface area contributed by atoms with E-state index in [9.17, 15) is 9.50 Å². The Morgan fingerprint density at radius 3 is 2.64 bits per heavy atom. The molecule has 1 atom stereocenters. The van der Waals surface area contributed by atoms with Gasteiger partial charge in [0.15, 0.2) is 0 Å². The Kier molecular flexibility index (Phi) is 2.33. The lowest BCUT2D eigenvalue weighted by molar-refractivity contribution is 0.214. The Hall–Kier alpha value is -1.61. The lowest BCUT2D eigenvalue weighted by Gasteiger charge is -2.08. The summed E-state index contributed by atoms with van der Waals surface area (Å²) in [6, 6.07) is 7.74. The minimum Gasteiger partial charge on any atom is -0.472 e. The highest BCUT2D eigenvalue weighted by molar-refractivity contribution is 5.28. The highest BCUT2D eigenvalue weighted by Gasteiger charge is 2.14. The second-order valence-corrected chi connectivity index (χ2v) is 2.98. The van der Waals surface area contributed by atoms with Crippen LogP contribution in [-0.2, 0) is 0 Å². The Bertz CT molecular complexity index is 409. The topological polar surface area (TPSA) is 33.4 Å². The van der Waals surface area contributed by atoms with Crippen molar-refractivity contribution in [1.82, 2.24) is 0 Å². The summed E-state index contributed by atoms with van der Waals surface area (Å²) in [4.78, 5) is 0. The van der Waals surface area contributed by atoms with Crippen LogP contribution in [0.2, 0.25) is 0 Å². The minimum atomic E-state index is -0.963. The van der Waals surface area contributed by atoms with Gasteiger partial charge in [-0.1, -0.05) is 18.2 Å². The Balaban J connectivity index is 2.37. The SMILES string of the molecule is OC(c1ccoc1)c1ccccc1F. The molecule has 2 aromatic rings. The molecule has 1 aromatic carbocycles. The van der Waals surface area contributed by atoms with Crippen molar-refractivity contribution < 1.29 is 13.9 Å². The van der Waals surface area contributed by atoms with E-state index in [1.54, 1.807) is 24.3 Å². The van der Waals surface area contributed by atoms with Gasteiger partial charge in [-0.25, -0.2) is 4.39 Å². The lowest BCUT2D eigenvalue weighted by atomic mass is 10.0. The number of benzene rings is 1. The summed E-state index contributed by atoms with van der Waals surface area (Å²) in [5, 5.41) is 9.76. The normalized spacial score (nSPS) is 12.7. The van der Waals surface area contributed by atoms with Crippen LogP contribution >= 0.6 is 0 Å². The first kappa shape index (κ1) is 8.97. The molecule has 0 aliphatic carbocycles. The fourth-order valence-electron chi connectivity index (χ4n) is 1.31. The number of hydrogen-bond acceptors (Lipinski definition) is 2. The zero-order valence-corrected chi connectivity index (χ0v) is 7.35. The summed E-state index contributed by atoms with van der Waals surface area (Å²) < 4.78 is 18.1. The van der Waals surface area contributed by atoms with Crippen molar-refractivity contribution in [2.24, 2.45) is 0 Å². The number of halogens is 1. The van der Waals surface area contributed by atoms with Crippen molar-refractivity contribution in [3.63, 3.8) is 0 Å². The number of rotatable bonds is 2. The molecule has 0 saturated heterocycles. The van der Waals surface area contributed by atoms with Crippen LogP contribution in [0.4, 0.5) is 4.39 Å². The van der Waals surface area contributed by atoms with Gasteiger partial charge in [0.2, 0.25) is 0 Å². The van der Waals surface area contributed by atoms with Gasteiger partial charge in [-0.15, -0.1) is 0 Å². The van der Waals surface area contributed by atoms with Gasteiger partial charge in [0.1, 0.15) is 11.9 Å². The van der Waals surface area contributed by atoms with E-state index in [0.717, 1.165) is 0 Å². The highest BCUT2D eigenvalue weighted by atomic mass is 19.1. The maximum absolute atomic E-state index is 13.2. The fourth-order valence-corrected chi connectivity index (χ4v) is 1.31. The molecule has 1 unspecified atom stereocenters. The lowest BCUT2D eigenvalue weighted by Crippen LogP contribution is -2.00. The van der Waals surface area contributed by atoms with E-state index in [4.69, 9.17) is 4.42 Å². The summed E-state index contributed by atoms with van der Waals surface area (Å²) >= 11 is 0. The van der Waals surface area contributed by atoms with Crippen LogP contribution in [0.1, 0.15) is 17.2 Å². The van der Waals surface area contributed by atoms with E-state index < -0.39 is 11.9 Å². The molecule has 0 aliphatic rings. The third-order valence-corrected chi connectivity index (χ3v) is 2.06. The molecule has 72 valence electrons. The predicted molar refractivity (Wildman–Crippen MR) is 49.2 cm³/mol. The van der Waals surface area contributed by atoms with Gasteiger partial charge in [0.05, 0.1) is 12.5 Å². The summed E-state index contributed by atoms with van der Waals surface area (Å²) in [5.74, 6) is -0.416. The van der Waals surface area contributed by atoms with E-state index >= 15 is 0 Å². The Morgan fingerprint density at radius 1 is 1.21 bits per heavy atom. The van der Waals surface area contributed by atoms with Gasteiger partial charge >= 0.3 is 0 Å². The average Bonchev–Trinajstić information content (AvgIpc) is 2.70. The number of aliphatic hydroxyl groups excluding tert-OH is 1. The Labute approximate surface area is 80.6 Å². The molecule has 0 fully saturated rings. The molecule has 1 N–H and O–H groups in total. The molecule has 1 heterocycles. The van der Waals surface area contributed by atoms with Crippen molar-refractivity contribution in [2.45, 2.75) is 6.10 Å². The van der Waals surface area contributed by atoms with Gasteiger partial charge in [-0.2, -0.15) is 0 Å². The third-order valence-electron chi connectivity index (χ3n) is 2.06. The molecule has 0 saturated carbocycles. The summed E-state index contributed by atoms with van der Waals surface area (Å²) in [6.07, 6.45) is 1.88. The highest BCUT2D eigenvalue weighted by Crippen LogP contribution is 2.23. The monoisotopic (exact) mass is 192 g/mol. The van der Waals surface area contributed by atoms with E-state index in [1.165, 1.54) is 18.6 Å². The molecular weight excluding hydrogens is 183 g/mol. The number of furan rings is 1. The van der Waals surface area contributed by atoms with Crippen LogP contribution in [-0.4, -0.2) is 5.11 Å². The molecule has 2 rings (SSSR count). The second kappa shape index (κ2) is 3.64. The first-order chi connectivity index (χ1) is 6.79. The Morgan fingerprint density at radius 2 is 2.00 bits per heavy atom. The molecule has 0 aliphatic heterocycles. The average molecular weight is 192 g/mol. The molecule has 0 bridgehead atoms. The van der Waals surface area contributed by atoms with Gasteiger partial charge in [0, 0.05) is 11.1 Å².